The SMILES string of the molecule is CCOC(C)O[C@H]1CC[C@]2(C)C3=C(CC[C@H]2C1(C)C)C1=CC[C@H]([C@@H](C)O[Si](C)(C)C(C)(C)C)[C@@]1(C)CC3. The van der Waals surface area contributed by atoms with E-state index in [1.54, 1.807) is 16.7 Å². The van der Waals surface area contributed by atoms with Crippen molar-refractivity contribution in [3.8, 4) is 0 Å². The highest BCUT2D eigenvalue weighted by atomic mass is 28.4. The summed E-state index contributed by atoms with van der Waals surface area (Å²) in [5.74, 6) is 1.26. The van der Waals surface area contributed by atoms with Gasteiger partial charge in [-0.3, -0.25) is 0 Å². The van der Waals surface area contributed by atoms with Crippen LogP contribution < -0.4 is 0 Å². The third-order valence-corrected chi connectivity index (χ3v) is 16.6. The van der Waals surface area contributed by atoms with E-state index >= 15 is 0 Å². The minimum atomic E-state index is -1.79. The second-order valence-corrected chi connectivity index (χ2v) is 20.2. The molecule has 4 aliphatic rings. The van der Waals surface area contributed by atoms with Crippen molar-refractivity contribution < 1.29 is 13.9 Å². The molecule has 0 heterocycles. The summed E-state index contributed by atoms with van der Waals surface area (Å²) in [6.07, 6.45) is 11.7. The van der Waals surface area contributed by atoms with Gasteiger partial charge in [0.2, 0.25) is 0 Å². The van der Waals surface area contributed by atoms with Crippen LogP contribution in [0.4, 0.5) is 0 Å². The number of fused-ring (bicyclic) bond motifs is 4. The van der Waals surface area contributed by atoms with Gasteiger partial charge in [-0.1, -0.05) is 60.1 Å². The lowest BCUT2D eigenvalue weighted by molar-refractivity contribution is -0.214. The van der Waals surface area contributed by atoms with Crippen LogP contribution in [-0.4, -0.2) is 33.4 Å². The highest BCUT2D eigenvalue weighted by Gasteiger charge is 2.58. The average Bonchev–Trinajstić information content (AvgIpc) is 3.12. The number of hydrogen-bond acceptors (Lipinski definition) is 3. The van der Waals surface area contributed by atoms with Gasteiger partial charge in [0.1, 0.15) is 0 Å². The summed E-state index contributed by atoms with van der Waals surface area (Å²) >= 11 is 0. The van der Waals surface area contributed by atoms with Gasteiger partial charge in [0.25, 0.3) is 0 Å². The van der Waals surface area contributed by atoms with Gasteiger partial charge in [0.15, 0.2) is 14.6 Å². The quantitative estimate of drug-likeness (QED) is 0.242. The number of rotatable bonds is 7. The minimum absolute atomic E-state index is 0.122. The van der Waals surface area contributed by atoms with E-state index in [0.29, 0.717) is 24.5 Å². The fourth-order valence-corrected chi connectivity index (χ4v) is 10.3. The van der Waals surface area contributed by atoms with E-state index in [2.05, 4.69) is 88.4 Å². The molecule has 0 saturated heterocycles. The second kappa shape index (κ2) is 9.89. The Kier molecular flexibility index (Phi) is 7.90. The van der Waals surface area contributed by atoms with Gasteiger partial charge < -0.3 is 13.9 Å². The van der Waals surface area contributed by atoms with Crippen LogP contribution in [0, 0.1) is 28.1 Å². The Morgan fingerprint density at radius 1 is 1.00 bits per heavy atom. The molecule has 212 valence electrons. The van der Waals surface area contributed by atoms with Crippen LogP contribution in [0.5, 0.6) is 0 Å². The van der Waals surface area contributed by atoms with Crippen LogP contribution in [-0.2, 0) is 13.9 Å². The van der Waals surface area contributed by atoms with E-state index in [4.69, 9.17) is 13.9 Å². The predicted octanol–water partition coefficient (Wildman–Crippen LogP) is 9.44. The van der Waals surface area contributed by atoms with Crippen LogP contribution >= 0.6 is 0 Å². The van der Waals surface area contributed by atoms with Crippen molar-refractivity contribution in [2.45, 2.75) is 151 Å². The summed E-state index contributed by atoms with van der Waals surface area (Å²) in [5.41, 5.74) is 5.94. The molecule has 4 rings (SSSR count). The van der Waals surface area contributed by atoms with Gasteiger partial charge in [0, 0.05) is 12.7 Å². The lowest BCUT2D eigenvalue weighted by atomic mass is 9.46. The van der Waals surface area contributed by atoms with E-state index in [1.807, 2.05) is 0 Å². The minimum Gasteiger partial charge on any atom is -0.414 e. The van der Waals surface area contributed by atoms with Crippen LogP contribution in [0.2, 0.25) is 18.1 Å². The van der Waals surface area contributed by atoms with Crippen molar-refractivity contribution in [3.63, 3.8) is 0 Å². The lowest BCUT2D eigenvalue weighted by Crippen LogP contribution is -2.54. The largest absolute Gasteiger partial charge is 0.414 e. The smallest absolute Gasteiger partial charge is 0.192 e. The molecule has 0 aliphatic heterocycles. The van der Waals surface area contributed by atoms with E-state index in [9.17, 15) is 0 Å². The molecule has 37 heavy (non-hydrogen) atoms. The van der Waals surface area contributed by atoms with Gasteiger partial charge in [-0.2, -0.15) is 0 Å². The molecule has 1 saturated carbocycles. The molecule has 4 aliphatic carbocycles. The van der Waals surface area contributed by atoms with E-state index in [-0.39, 0.29) is 33.7 Å². The second-order valence-electron chi connectivity index (χ2n) is 15.4. The maximum Gasteiger partial charge on any atom is 0.192 e. The fraction of sp³-hybridized carbons (Fsp3) is 0.879. The molecule has 0 aromatic rings. The number of allylic oxidation sites excluding steroid dienone is 4. The van der Waals surface area contributed by atoms with Crippen molar-refractivity contribution in [3.05, 3.63) is 22.8 Å². The van der Waals surface area contributed by atoms with Crippen molar-refractivity contribution in [1.29, 1.82) is 0 Å². The molecule has 0 amide bonds. The first-order valence-electron chi connectivity index (χ1n) is 15.4. The topological polar surface area (TPSA) is 27.7 Å². The van der Waals surface area contributed by atoms with Gasteiger partial charge in [-0.05, 0) is 123 Å². The Morgan fingerprint density at radius 3 is 2.30 bits per heavy atom. The molecule has 0 radical (unpaired) electrons. The molecule has 3 nitrogen and oxygen atoms in total. The Morgan fingerprint density at radius 2 is 1.68 bits per heavy atom. The van der Waals surface area contributed by atoms with E-state index in [1.165, 1.54) is 38.5 Å². The standard InChI is InChI=1S/C33H58O3Si/c1-13-34-23(3)35-29-19-21-33(10)27-18-20-32(9)25(22(2)36-37(11,12)30(4,5)6)15-16-26(32)24(27)14-17-28(33)31(29,7)8/h16,22-23,25,28-29H,13-15,17-21H2,1-12H3/t22-,23?,25-,28+,29+,32-,33-/m1/s1. The van der Waals surface area contributed by atoms with Gasteiger partial charge in [-0.15, -0.1) is 0 Å². The highest BCUT2D eigenvalue weighted by Crippen LogP contribution is 2.66. The summed E-state index contributed by atoms with van der Waals surface area (Å²) in [6, 6.07) is 0. The zero-order valence-electron chi connectivity index (χ0n) is 26.3. The Bertz CT molecular complexity index is 924. The van der Waals surface area contributed by atoms with Gasteiger partial charge in [0.05, 0.1) is 6.10 Å². The summed E-state index contributed by atoms with van der Waals surface area (Å²) < 4.78 is 19.3. The maximum atomic E-state index is 7.00. The number of ether oxygens (including phenoxy) is 2. The first-order valence-corrected chi connectivity index (χ1v) is 18.3. The molecule has 0 N–H and O–H groups in total. The Balaban J connectivity index is 1.57. The zero-order chi connectivity index (χ0) is 27.6. The lowest BCUT2D eigenvalue weighted by Gasteiger charge is -2.60. The molecule has 7 atom stereocenters. The number of hydrogen-bond donors (Lipinski definition) is 0. The van der Waals surface area contributed by atoms with Crippen molar-refractivity contribution in [2.24, 2.45) is 28.1 Å². The first kappa shape index (κ1) is 29.6. The van der Waals surface area contributed by atoms with E-state index < -0.39 is 8.32 Å². The molecule has 0 aromatic carbocycles. The molecular weight excluding hydrogens is 472 g/mol. The van der Waals surface area contributed by atoms with Crippen LogP contribution in [0.15, 0.2) is 22.8 Å². The van der Waals surface area contributed by atoms with Gasteiger partial charge >= 0.3 is 0 Å². The molecule has 4 heteroatoms. The predicted molar refractivity (Wildman–Crippen MR) is 158 cm³/mol. The normalized spacial score (nSPS) is 37.4. The molecule has 0 aromatic heterocycles. The zero-order valence-corrected chi connectivity index (χ0v) is 27.3. The van der Waals surface area contributed by atoms with Crippen molar-refractivity contribution in [1.82, 2.24) is 0 Å². The summed E-state index contributed by atoms with van der Waals surface area (Å²) in [4.78, 5) is 0. The van der Waals surface area contributed by atoms with Gasteiger partial charge in [-0.25, -0.2) is 0 Å². The third-order valence-electron chi connectivity index (χ3n) is 12.0. The average molecular weight is 531 g/mol. The third kappa shape index (κ3) is 4.89. The maximum absolute atomic E-state index is 7.00. The molecule has 1 fully saturated rings. The van der Waals surface area contributed by atoms with Crippen molar-refractivity contribution in [2.75, 3.05) is 6.61 Å². The summed E-state index contributed by atoms with van der Waals surface area (Å²) in [6.45, 7) is 29.2. The van der Waals surface area contributed by atoms with Crippen molar-refractivity contribution >= 4 is 8.32 Å². The first-order chi connectivity index (χ1) is 17.0. The molecule has 0 spiro atoms. The summed E-state index contributed by atoms with van der Waals surface area (Å²) in [5, 5.41) is 0.252. The Labute approximate surface area is 230 Å². The fourth-order valence-electron chi connectivity index (χ4n) is 8.88. The Hall–Kier alpha value is -0.423. The molecule has 0 bridgehead atoms. The highest BCUT2D eigenvalue weighted by molar-refractivity contribution is 6.74. The summed E-state index contributed by atoms with van der Waals surface area (Å²) in [7, 11) is -1.79. The molecule has 1 unspecified atom stereocenters. The van der Waals surface area contributed by atoms with E-state index in [0.717, 1.165) is 6.42 Å². The monoisotopic (exact) mass is 530 g/mol. The van der Waals surface area contributed by atoms with Crippen LogP contribution in [0.3, 0.4) is 0 Å². The van der Waals surface area contributed by atoms with Crippen LogP contribution in [0.1, 0.15) is 114 Å². The molecular formula is C33H58O3Si. The van der Waals surface area contributed by atoms with Crippen LogP contribution in [0.25, 0.3) is 0 Å².